The average Bonchev–Trinajstić information content (AvgIpc) is 2.45. The van der Waals surface area contributed by atoms with E-state index < -0.39 is 0 Å². The largest absolute Gasteiger partial charge is 0.234 e. The van der Waals surface area contributed by atoms with Gasteiger partial charge in [0.1, 0.15) is 0 Å². The van der Waals surface area contributed by atoms with Crippen LogP contribution in [0.4, 0.5) is 0 Å². The molecule has 0 aromatic carbocycles. The highest BCUT2D eigenvalue weighted by Gasteiger charge is 1.96. The molecule has 0 fully saturated rings. The van der Waals surface area contributed by atoms with Crippen LogP contribution in [0.1, 0.15) is 11.3 Å². The second-order valence-corrected chi connectivity index (χ2v) is 4.08. The molecule has 0 unspecified atom stereocenters. The lowest BCUT2D eigenvalue weighted by molar-refractivity contribution is 0.562. The Bertz CT molecular complexity index is 291. The lowest BCUT2D eigenvalue weighted by Gasteiger charge is -1.90. The first-order valence-corrected chi connectivity index (χ1v) is 4.80. The number of isocyanates is 1. The van der Waals surface area contributed by atoms with Crippen molar-refractivity contribution in [1.29, 1.82) is 0 Å². The van der Waals surface area contributed by atoms with E-state index >= 15 is 0 Å². The van der Waals surface area contributed by atoms with Gasteiger partial charge in [0, 0.05) is 4.88 Å². The predicted octanol–water partition coefficient (Wildman–Crippen LogP) is 2.67. The van der Waals surface area contributed by atoms with Crippen molar-refractivity contribution in [3.05, 3.63) is 21.3 Å². The maximum absolute atomic E-state index is 9.71. The van der Waals surface area contributed by atoms with Gasteiger partial charge < -0.3 is 0 Å². The molecule has 0 atom stereocenters. The fourth-order valence-corrected chi connectivity index (χ4v) is 1.99. The third-order valence-electron chi connectivity index (χ3n) is 1.39. The summed E-state index contributed by atoms with van der Waals surface area (Å²) in [6.45, 7) is 0.555. The first kappa shape index (κ1) is 9.46. The molecule has 1 rings (SSSR count). The van der Waals surface area contributed by atoms with Gasteiger partial charge in [-0.25, -0.2) is 9.79 Å². The van der Waals surface area contributed by atoms with Gasteiger partial charge in [-0.15, -0.1) is 11.3 Å². The molecule has 0 aliphatic heterocycles. The number of hydrogen-bond acceptors (Lipinski definition) is 3. The van der Waals surface area contributed by atoms with Crippen molar-refractivity contribution >= 4 is 29.0 Å². The predicted molar refractivity (Wildman–Crippen MR) is 50.6 cm³/mol. The monoisotopic (exact) mass is 201 g/mol. The summed E-state index contributed by atoms with van der Waals surface area (Å²) in [6.07, 6.45) is 3.33. The molecule has 4 heteroatoms. The Morgan fingerprint density at radius 1 is 1.58 bits per heavy atom. The van der Waals surface area contributed by atoms with Crippen LogP contribution in [0, 0.1) is 0 Å². The number of thiophene rings is 1. The maximum Gasteiger partial charge on any atom is 0.234 e. The van der Waals surface area contributed by atoms with Gasteiger partial charge in [-0.1, -0.05) is 11.6 Å². The summed E-state index contributed by atoms with van der Waals surface area (Å²) in [5, 5.41) is 0. The Labute approximate surface area is 79.9 Å². The molecular formula is C8H8ClNOS. The van der Waals surface area contributed by atoms with Crippen LogP contribution in [0.15, 0.2) is 17.1 Å². The van der Waals surface area contributed by atoms with E-state index in [2.05, 4.69) is 4.99 Å². The summed E-state index contributed by atoms with van der Waals surface area (Å²) < 4.78 is 0.809. The Morgan fingerprint density at radius 2 is 2.42 bits per heavy atom. The summed E-state index contributed by atoms with van der Waals surface area (Å²) in [4.78, 5) is 14.4. The zero-order valence-corrected chi connectivity index (χ0v) is 7.99. The maximum atomic E-state index is 9.71. The first-order valence-electron chi connectivity index (χ1n) is 3.61. The molecule has 0 aliphatic carbocycles. The van der Waals surface area contributed by atoms with Crippen molar-refractivity contribution in [2.45, 2.75) is 12.8 Å². The third-order valence-corrected chi connectivity index (χ3v) is 2.68. The van der Waals surface area contributed by atoms with E-state index in [9.17, 15) is 4.79 Å². The van der Waals surface area contributed by atoms with Crippen LogP contribution in [-0.4, -0.2) is 12.6 Å². The van der Waals surface area contributed by atoms with Gasteiger partial charge in [-0.05, 0) is 25.0 Å². The second kappa shape index (κ2) is 5.09. The SMILES string of the molecule is O=C=NCCCc1ccc(Cl)s1. The van der Waals surface area contributed by atoms with Crippen LogP contribution in [0.5, 0.6) is 0 Å². The summed E-state index contributed by atoms with van der Waals surface area (Å²) in [5.41, 5.74) is 0. The second-order valence-electron chi connectivity index (χ2n) is 2.28. The molecule has 0 spiro atoms. The third kappa shape index (κ3) is 3.18. The number of rotatable bonds is 4. The van der Waals surface area contributed by atoms with Crippen LogP contribution in [0.2, 0.25) is 4.34 Å². The Kier molecular flexibility index (Phi) is 4.01. The Balaban J connectivity index is 2.28. The number of aryl methyl sites for hydroxylation is 1. The number of halogens is 1. The van der Waals surface area contributed by atoms with E-state index in [0.717, 1.165) is 17.2 Å². The Morgan fingerprint density at radius 3 is 3.00 bits per heavy atom. The zero-order chi connectivity index (χ0) is 8.81. The molecule has 64 valence electrons. The van der Waals surface area contributed by atoms with E-state index in [1.807, 2.05) is 12.1 Å². The van der Waals surface area contributed by atoms with Crippen molar-refractivity contribution in [3.63, 3.8) is 0 Å². The van der Waals surface area contributed by atoms with Crippen molar-refractivity contribution in [2.24, 2.45) is 4.99 Å². The Hall–Kier alpha value is -0.630. The fourth-order valence-electron chi connectivity index (χ4n) is 0.864. The fraction of sp³-hybridized carbons (Fsp3) is 0.375. The average molecular weight is 202 g/mol. The van der Waals surface area contributed by atoms with Gasteiger partial charge in [0.15, 0.2) is 0 Å². The molecular weight excluding hydrogens is 194 g/mol. The highest BCUT2D eigenvalue weighted by atomic mass is 35.5. The summed E-state index contributed by atoms with van der Waals surface area (Å²) in [5.74, 6) is 0. The van der Waals surface area contributed by atoms with Crippen LogP contribution in [-0.2, 0) is 11.2 Å². The van der Waals surface area contributed by atoms with Crippen LogP contribution in [0.3, 0.4) is 0 Å². The van der Waals surface area contributed by atoms with E-state index in [-0.39, 0.29) is 0 Å². The van der Waals surface area contributed by atoms with Crippen molar-refractivity contribution < 1.29 is 4.79 Å². The van der Waals surface area contributed by atoms with Crippen LogP contribution in [0.25, 0.3) is 0 Å². The molecule has 12 heavy (non-hydrogen) atoms. The van der Waals surface area contributed by atoms with E-state index in [1.54, 1.807) is 11.3 Å². The smallest absolute Gasteiger partial charge is 0.211 e. The van der Waals surface area contributed by atoms with Gasteiger partial charge in [0.2, 0.25) is 6.08 Å². The van der Waals surface area contributed by atoms with Crippen molar-refractivity contribution in [1.82, 2.24) is 0 Å². The molecule has 0 bridgehead atoms. The molecule has 1 heterocycles. The number of aliphatic imine (C=N–C) groups is 1. The van der Waals surface area contributed by atoms with Gasteiger partial charge in [-0.2, -0.15) is 0 Å². The molecule has 0 N–H and O–H groups in total. The van der Waals surface area contributed by atoms with E-state index in [1.165, 1.54) is 11.0 Å². The van der Waals surface area contributed by atoms with Gasteiger partial charge >= 0.3 is 0 Å². The molecule has 1 aromatic rings. The molecule has 0 saturated heterocycles. The minimum absolute atomic E-state index is 0.555. The quantitative estimate of drug-likeness (QED) is 0.419. The molecule has 0 aliphatic rings. The lowest BCUT2D eigenvalue weighted by Crippen LogP contribution is -1.83. The topological polar surface area (TPSA) is 29.4 Å². The van der Waals surface area contributed by atoms with Gasteiger partial charge in [0.25, 0.3) is 0 Å². The minimum atomic E-state index is 0.555. The van der Waals surface area contributed by atoms with E-state index in [0.29, 0.717) is 6.54 Å². The molecule has 2 nitrogen and oxygen atoms in total. The highest BCUT2D eigenvalue weighted by molar-refractivity contribution is 7.16. The van der Waals surface area contributed by atoms with E-state index in [4.69, 9.17) is 11.6 Å². The normalized spacial score (nSPS) is 9.42. The van der Waals surface area contributed by atoms with Crippen LogP contribution < -0.4 is 0 Å². The first-order chi connectivity index (χ1) is 5.83. The molecule has 0 amide bonds. The van der Waals surface area contributed by atoms with Crippen molar-refractivity contribution in [2.75, 3.05) is 6.54 Å². The van der Waals surface area contributed by atoms with Gasteiger partial charge in [0.05, 0.1) is 10.9 Å². The molecule has 1 aromatic heterocycles. The lowest BCUT2D eigenvalue weighted by atomic mass is 10.3. The summed E-state index contributed by atoms with van der Waals surface area (Å²) in [6, 6.07) is 3.88. The number of nitrogens with zero attached hydrogens (tertiary/aromatic N) is 1. The van der Waals surface area contributed by atoms with Crippen molar-refractivity contribution in [3.8, 4) is 0 Å². The minimum Gasteiger partial charge on any atom is -0.211 e. The molecule has 0 radical (unpaired) electrons. The number of hydrogen-bond donors (Lipinski definition) is 0. The number of carbonyl (C=O) groups excluding carboxylic acids is 1. The highest BCUT2D eigenvalue weighted by Crippen LogP contribution is 2.22. The van der Waals surface area contributed by atoms with Crippen LogP contribution >= 0.6 is 22.9 Å². The summed E-state index contributed by atoms with van der Waals surface area (Å²) in [7, 11) is 0. The van der Waals surface area contributed by atoms with Gasteiger partial charge in [-0.3, -0.25) is 0 Å². The summed E-state index contributed by atoms with van der Waals surface area (Å²) >= 11 is 7.30. The standard InChI is InChI=1S/C8H8ClNOS/c9-8-4-3-7(12-8)2-1-5-10-6-11/h3-4H,1-2,5H2. The zero-order valence-electron chi connectivity index (χ0n) is 6.42. The molecule has 0 saturated carbocycles.